The number of hydrogen-bond acceptors (Lipinski definition) is 4. The Kier molecular flexibility index (Phi) is 4.16. The van der Waals surface area contributed by atoms with Crippen LogP contribution < -0.4 is 10.6 Å². The van der Waals surface area contributed by atoms with Crippen molar-refractivity contribution in [2.75, 3.05) is 11.9 Å². The highest BCUT2D eigenvalue weighted by Gasteiger charge is 2.11. The van der Waals surface area contributed by atoms with E-state index in [1.54, 1.807) is 17.4 Å². The molecular weight excluding hydrogens is 258 g/mol. The Morgan fingerprint density at radius 2 is 2.37 bits per heavy atom. The van der Waals surface area contributed by atoms with Crippen molar-refractivity contribution in [2.45, 2.75) is 19.9 Å². The van der Waals surface area contributed by atoms with Crippen LogP contribution in [0.2, 0.25) is 0 Å². The minimum atomic E-state index is -0.286. The minimum Gasteiger partial charge on any atom is -0.374 e. The van der Waals surface area contributed by atoms with Crippen LogP contribution >= 0.6 is 11.3 Å². The van der Waals surface area contributed by atoms with Gasteiger partial charge in [-0.3, -0.25) is 4.79 Å². The van der Waals surface area contributed by atoms with Gasteiger partial charge in [-0.1, -0.05) is 6.08 Å². The second-order valence-electron chi connectivity index (χ2n) is 4.32. The van der Waals surface area contributed by atoms with E-state index < -0.39 is 0 Å². The number of nitrogens with zero attached hydrogens (tertiary/aromatic N) is 1. The van der Waals surface area contributed by atoms with E-state index in [0.29, 0.717) is 6.54 Å². The lowest BCUT2D eigenvalue weighted by Crippen LogP contribution is -2.37. The van der Waals surface area contributed by atoms with Gasteiger partial charge in [0.15, 0.2) is 0 Å². The maximum atomic E-state index is 11.7. The smallest absolute Gasteiger partial charge is 0.242 e. The van der Waals surface area contributed by atoms with E-state index in [4.69, 9.17) is 0 Å². The molecule has 0 bridgehead atoms. The van der Waals surface area contributed by atoms with Gasteiger partial charge in [0, 0.05) is 12.2 Å². The predicted octanol–water partition coefficient (Wildman–Crippen LogP) is 2.71. The van der Waals surface area contributed by atoms with Crippen molar-refractivity contribution >= 4 is 33.1 Å². The molecule has 2 rings (SSSR count). The summed E-state index contributed by atoms with van der Waals surface area (Å²) in [5.41, 5.74) is 1.93. The molecule has 1 atom stereocenters. The molecule has 2 N–H and O–H groups in total. The molecule has 0 saturated carbocycles. The average Bonchev–Trinajstić information content (AvgIpc) is 2.75. The van der Waals surface area contributed by atoms with Crippen LogP contribution in [0.25, 0.3) is 10.2 Å². The van der Waals surface area contributed by atoms with Gasteiger partial charge in [-0.15, -0.1) is 17.9 Å². The fourth-order valence-corrected chi connectivity index (χ4v) is 2.64. The van der Waals surface area contributed by atoms with E-state index in [9.17, 15) is 4.79 Å². The SMILES string of the molecule is C=CCNC(=O)[C@@H](C)Nc1ccc2nc(C)sc2c1. The number of aryl methyl sites for hydroxylation is 1. The molecule has 5 heteroatoms. The standard InChI is InChI=1S/C14H17N3OS/c1-4-7-15-14(18)9(2)16-11-5-6-12-13(8-11)19-10(3)17-12/h4-6,8-9,16H,1,7H2,2-3H3,(H,15,18)/t9-/m1/s1. The molecule has 19 heavy (non-hydrogen) atoms. The summed E-state index contributed by atoms with van der Waals surface area (Å²) >= 11 is 1.65. The summed E-state index contributed by atoms with van der Waals surface area (Å²) in [6.07, 6.45) is 1.66. The maximum Gasteiger partial charge on any atom is 0.242 e. The molecule has 0 saturated heterocycles. The lowest BCUT2D eigenvalue weighted by atomic mass is 10.2. The number of carbonyl (C=O) groups excluding carboxylic acids is 1. The summed E-state index contributed by atoms with van der Waals surface area (Å²) in [4.78, 5) is 16.2. The number of aromatic nitrogens is 1. The fourth-order valence-electron chi connectivity index (χ4n) is 1.77. The highest BCUT2D eigenvalue weighted by atomic mass is 32.1. The minimum absolute atomic E-state index is 0.0412. The quantitative estimate of drug-likeness (QED) is 0.825. The first kappa shape index (κ1) is 13.5. The Balaban J connectivity index is 2.07. The zero-order valence-electron chi connectivity index (χ0n) is 11.1. The number of nitrogens with one attached hydrogen (secondary N) is 2. The number of amides is 1. The van der Waals surface area contributed by atoms with Crippen LogP contribution in [-0.2, 0) is 4.79 Å². The van der Waals surface area contributed by atoms with Gasteiger partial charge in [0.1, 0.15) is 6.04 Å². The molecular formula is C14H17N3OS. The van der Waals surface area contributed by atoms with Gasteiger partial charge < -0.3 is 10.6 Å². The molecule has 0 spiro atoms. The number of fused-ring (bicyclic) bond motifs is 1. The number of thiazole rings is 1. The second kappa shape index (κ2) is 5.84. The van der Waals surface area contributed by atoms with Crippen molar-refractivity contribution in [1.29, 1.82) is 0 Å². The first-order chi connectivity index (χ1) is 9.10. The summed E-state index contributed by atoms with van der Waals surface area (Å²) in [5, 5.41) is 6.99. The summed E-state index contributed by atoms with van der Waals surface area (Å²) < 4.78 is 1.13. The third-order valence-corrected chi connectivity index (χ3v) is 3.63. The first-order valence-electron chi connectivity index (χ1n) is 6.12. The summed E-state index contributed by atoms with van der Waals surface area (Å²) in [5.74, 6) is -0.0412. The van der Waals surface area contributed by atoms with E-state index in [0.717, 1.165) is 20.9 Å². The molecule has 1 heterocycles. The van der Waals surface area contributed by atoms with Crippen molar-refractivity contribution in [3.05, 3.63) is 35.9 Å². The average molecular weight is 275 g/mol. The van der Waals surface area contributed by atoms with E-state index >= 15 is 0 Å². The van der Waals surface area contributed by atoms with Crippen LogP contribution in [0, 0.1) is 6.92 Å². The molecule has 1 amide bonds. The Labute approximate surface area is 116 Å². The topological polar surface area (TPSA) is 54.0 Å². The second-order valence-corrected chi connectivity index (χ2v) is 5.55. The van der Waals surface area contributed by atoms with E-state index in [1.807, 2.05) is 32.0 Å². The van der Waals surface area contributed by atoms with Gasteiger partial charge in [-0.2, -0.15) is 0 Å². The summed E-state index contributed by atoms with van der Waals surface area (Å²) in [6.45, 7) is 7.88. The van der Waals surface area contributed by atoms with E-state index in [1.165, 1.54) is 0 Å². The van der Waals surface area contributed by atoms with Crippen LogP contribution in [0.5, 0.6) is 0 Å². The van der Waals surface area contributed by atoms with Gasteiger partial charge in [-0.25, -0.2) is 4.98 Å². The highest BCUT2D eigenvalue weighted by Crippen LogP contribution is 2.24. The molecule has 0 aliphatic rings. The monoisotopic (exact) mass is 275 g/mol. The van der Waals surface area contributed by atoms with Crippen molar-refractivity contribution < 1.29 is 4.79 Å². The summed E-state index contributed by atoms with van der Waals surface area (Å²) in [7, 11) is 0. The molecule has 0 aliphatic carbocycles. The largest absolute Gasteiger partial charge is 0.374 e. The van der Waals surface area contributed by atoms with Crippen LogP contribution in [0.4, 0.5) is 5.69 Å². The van der Waals surface area contributed by atoms with Crippen LogP contribution in [-0.4, -0.2) is 23.5 Å². The molecule has 0 fully saturated rings. The van der Waals surface area contributed by atoms with Gasteiger partial charge in [-0.05, 0) is 32.0 Å². The van der Waals surface area contributed by atoms with Gasteiger partial charge in [0.25, 0.3) is 0 Å². The Morgan fingerprint density at radius 1 is 1.58 bits per heavy atom. The number of rotatable bonds is 5. The zero-order valence-corrected chi connectivity index (χ0v) is 11.9. The van der Waals surface area contributed by atoms with Gasteiger partial charge >= 0.3 is 0 Å². The van der Waals surface area contributed by atoms with E-state index in [-0.39, 0.29) is 11.9 Å². The predicted molar refractivity (Wildman–Crippen MR) is 80.6 cm³/mol. The molecule has 1 aromatic carbocycles. The third-order valence-electron chi connectivity index (χ3n) is 2.69. The highest BCUT2D eigenvalue weighted by molar-refractivity contribution is 7.18. The van der Waals surface area contributed by atoms with Crippen LogP contribution in [0.15, 0.2) is 30.9 Å². The molecule has 0 unspecified atom stereocenters. The number of anilines is 1. The normalized spacial score (nSPS) is 12.1. The Morgan fingerprint density at radius 3 is 3.11 bits per heavy atom. The number of hydrogen-bond donors (Lipinski definition) is 2. The molecule has 4 nitrogen and oxygen atoms in total. The molecule has 1 aromatic heterocycles. The molecule has 100 valence electrons. The van der Waals surface area contributed by atoms with Crippen molar-refractivity contribution in [2.24, 2.45) is 0 Å². The molecule has 2 aromatic rings. The van der Waals surface area contributed by atoms with Crippen molar-refractivity contribution in [1.82, 2.24) is 10.3 Å². The summed E-state index contributed by atoms with van der Waals surface area (Å²) in [6, 6.07) is 5.65. The fraction of sp³-hybridized carbons (Fsp3) is 0.286. The number of benzene rings is 1. The van der Waals surface area contributed by atoms with Crippen molar-refractivity contribution in [3.63, 3.8) is 0 Å². The lowest BCUT2D eigenvalue weighted by molar-refractivity contribution is -0.121. The molecule has 0 aliphatic heterocycles. The van der Waals surface area contributed by atoms with Crippen LogP contribution in [0.3, 0.4) is 0 Å². The van der Waals surface area contributed by atoms with Crippen molar-refractivity contribution in [3.8, 4) is 0 Å². The van der Waals surface area contributed by atoms with Gasteiger partial charge in [0.2, 0.25) is 5.91 Å². The third kappa shape index (κ3) is 3.32. The number of carbonyl (C=O) groups is 1. The Bertz CT molecular complexity index is 606. The first-order valence-corrected chi connectivity index (χ1v) is 6.94. The molecule has 0 radical (unpaired) electrons. The zero-order chi connectivity index (χ0) is 13.8. The van der Waals surface area contributed by atoms with Crippen LogP contribution in [0.1, 0.15) is 11.9 Å². The van der Waals surface area contributed by atoms with Gasteiger partial charge in [0.05, 0.1) is 15.2 Å². The Hall–Kier alpha value is -1.88. The van der Waals surface area contributed by atoms with E-state index in [2.05, 4.69) is 22.2 Å². The maximum absolute atomic E-state index is 11.7. The lowest BCUT2D eigenvalue weighted by Gasteiger charge is -2.14.